The molecule has 0 radical (unpaired) electrons. The highest BCUT2D eigenvalue weighted by Crippen LogP contribution is 2.35. The summed E-state index contributed by atoms with van der Waals surface area (Å²) in [6.07, 6.45) is 2.90. The summed E-state index contributed by atoms with van der Waals surface area (Å²) in [6, 6.07) is 10.1. The van der Waals surface area contributed by atoms with Crippen molar-refractivity contribution in [1.82, 2.24) is 19.7 Å². The van der Waals surface area contributed by atoms with Crippen molar-refractivity contribution in [3.63, 3.8) is 0 Å². The SMILES string of the molecule is COc1cccc(CN2CC[C@H](c3nn(CCN)c4ncccc34)C2)c1OC. The minimum absolute atomic E-state index is 0.391. The summed E-state index contributed by atoms with van der Waals surface area (Å²) < 4.78 is 13.0. The Bertz CT molecular complexity index is 955. The number of fused-ring (bicyclic) bond motifs is 1. The molecule has 1 saturated heterocycles. The Morgan fingerprint density at radius 1 is 1.18 bits per heavy atom. The highest BCUT2D eigenvalue weighted by atomic mass is 16.5. The molecule has 0 bridgehead atoms. The van der Waals surface area contributed by atoms with Gasteiger partial charge in [0.25, 0.3) is 0 Å². The molecule has 3 aromatic rings. The van der Waals surface area contributed by atoms with Crippen LogP contribution in [0.1, 0.15) is 23.6 Å². The molecule has 2 N–H and O–H groups in total. The molecule has 0 unspecified atom stereocenters. The van der Waals surface area contributed by atoms with Crippen LogP contribution in [0.2, 0.25) is 0 Å². The van der Waals surface area contributed by atoms with Crippen molar-refractivity contribution in [3.8, 4) is 11.5 Å². The first-order chi connectivity index (χ1) is 13.7. The fourth-order valence-electron chi connectivity index (χ4n) is 4.13. The number of hydrogen-bond acceptors (Lipinski definition) is 6. The standard InChI is InChI=1S/C21H27N5O2/c1-27-18-7-3-5-16(20(18)28-2)14-25-11-8-15(13-25)19-17-6-4-10-23-21(17)26(24-19)12-9-22/h3-7,10,15H,8-9,11-14,22H2,1-2H3/t15-/m0/s1. The summed E-state index contributed by atoms with van der Waals surface area (Å²) in [6.45, 7) is 4.06. The van der Waals surface area contributed by atoms with E-state index in [1.54, 1.807) is 14.2 Å². The Hall–Kier alpha value is -2.64. The summed E-state index contributed by atoms with van der Waals surface area (Å²) in [4.78, 5) is 6.97. The van der Waals surface area contributed by atoms with Gasteiger partial charge in [0, 0.05) is 42.7 Å². The molecule has 1 fully saturated rings. The Morgan fingerprint density at radius 2 is 2.07 bits per heavy atom. The van der Waals surface area contributed by atoms with Crippen molar-refractivity contribution < 1.29 is 9.47 Å². The number of aromatic nitrogens is 3. The predicted molar refractivity (Wildman–Crippen MR) is 109 cm³/mol. The first-order valence-corrected chi connectivity index (χ1v) is 9.69. The van der Waals surface area contributed by atoms with E-state index in [1.807, 2.05) is 29.1 Å². The Morgan fingerprint density at radius 3 is 2.86 bits per heavy atom. The van der Waals surface area contributed by atoms with Crippen LogP contribution in [-0.4, -0.2) is 53.5 Å². The maximum atomic E-state index is 5.75. The molecule has 7 heteroatoms. The normalized spacial score (nSPS) is 17.3. The van der Waals surface area contributed by atoms with Gasteiger partial charge in [-0.2, -0.15) is 5.10 Å². The van der Waals surface area contributed by atoms with E-state index in [1.165, 1.54) is 0 Å². The van der Waals surface area contributed by atoms with Gasteiger partial charge in [-0.1, -0.05) is 12.1 Å². The Balaban J connectivity index is 1.55. The highest BCUT2D eigenvalue weighted by molar-refractivity contribution is 5.78. The van der Waals surface area contributed by atoms with E-state index in [0.29, 0.717) is 19.0 Å². The molecule has 0 amide bonds. The molecule has 2 aromatic heterocycles. The molecular formula is C21H27N5O2. The van der Waals surface area contributed by atoms with Crippen LogP contribution in [0.3, 0.4) is 0 Å². The number of likely N-dealkylation sites (tertiary alicyclic amines) is 1. The van der Waals surface area contributed by atoms with Crippen LogP contribution in [-0.2, 0) is 13.1 Å². The van der Waals surface area contributed by atoms with Gasteiger partial charge >= 0.3 is 0 Å². The van der Waals surface area contributed by atoms with Gasteiger partial charge in [0.15, 0.2) is 17.1 Å². The molecule has 1 aromatic carbocycles. The first-order valence-electron chi connectivity index (χ1n) is 9.69. The average Bonchev–Trinajstić information content (AvgIpc) is 3.33. The lowest BCUT2D eigenvalue weighted by Gasteiger charge is -2.19. The molecule has 0 aliphatic carbocycles. The first kappa shape index (κ1) is 18.7. The molecule has 7 nitrogen and oxygen atoms in total. The zero-order chi connectivity index (χ0) is 19.5. The monoisotopic (exact) mass is 381 g/mol. The largest absolute Gasteiger partial charge is 0.493 e. The van der Waals surface area contributed by atoms with E-state index >= 15 is 0 Å². The van der Waals surface area contributed by atoms with E-state index < -0.39 is 0 Å². The maximum absolute atomic E-state index is 5.75. The van der Waals surface area contributed by atoms with Crippen molar-refractivity contribution in [2.24, 2.45) is 5.73 Å². The fraction of sp³-hybridized carbons (Fsp3) is 0.429. The predicted octanol–water partition coefficient (Wildman–Crippen LogP) is 2.40. The van der Waals surface area contributed by atoms with Gasteiger partial charge < -0.3 is 15.2 Å². The molecule has 28 heavy (non-hydrogen) atoms. The lowest BCUT2D eigenvalue weighted by Crippen LogP contribution is -2.20. The van der Waals surface area contributed by atoms with Crippen LogP contribution in [0.4, 0.5) is 0 Å². The van der Waals surface area contributed by atoms with Gasteiger partial charge in [-0.05, 0) is 31.2 Å². The van der Waals surface area contributed by atoms with Crippen LogP contribution in [0, 0.1) is 0 Å². The van der Waals surface area contributed by atoms with Crippen LogP contribution >= 0.6 is 0 Å². The number of rotatable bonds is 7. The molecule has 0 spiro atoms. The van der Waals surface area contributed by atoms with Crippen molar-refractivity contribution in [2.75, 3.05) is 33.9 Å². The third kappa shape index (κ3) is 3.43. The third-order valence-electron chi connectivity index (χ3n) is 5.41. The van der Waals surface area contributed by atoms with Crippen molar-refractivity contribution in [1.29, 1.82) is 0 Å². The third-order valence-corrected chi connectivity index (χ3v) is 5.41. The molecule has 4 rings (SSSR count). The van der Waals surface area contributed by atoms with Gasteiger partial charge in [0.05, 0.1) is 26.5 Å². The number of methoxy groups -OCH3 is 2. The topological polar surface area (TPSA) is 78.4 Å². The quantitative estimate of drug-likeness (QED) is 0.677. The molecule has 0 saturated carbocycles. The van der Waals surface area contributed by atoms with Crippen molar-refractivity contribution in [2.45, 2.75) is 25.4 Å². The van der Waals surface area contributed by atoms with Crippen LogP contribution in [0.25, 0.3) is 11.0 Å². The molecule has 3 heterocycles. The summed E-state index contributed by atoms with van der Waals surface area (Å²) in [5.41, 5.74) is 8.96. The summed E-state index contributed by atoms with van der Waals surface area (Å²) in [5, 5.41) is 6.01. The second-order valence-corrected chi connectivity index (χ2v) is 7.14. The van der Waals surface area contributed by atoms with Gasteiger partial charge in [-0.3, -0.25) is 4.90 Å². The summed E-state index contributed by atoms with van der Waals surface area (Å²) in [5.74, 6) is 1.98. The second kappa shape index (κ2) is 8.16. The van der Waals surface area contributed by atoms with E-state index in [2.05, 4.69) is 22.0 Å². The molecule has 1 aliphatic heterocycles. The zero-order valence-electron chi connectivity index (χ0n) is 16.5. The number of ether oxygens (including phenoxy) is 2. The van der Waals surface area contributed by atoms with Crippen molar-refractivity contribution >= 4 is 11.0 Å². The Kier molecular flexibility index (Phi) is 5.45. The maximum Gasteiger partial charge on any atom is 0.165 e. The zero-order valence-corrected chi connectivity index (χ0v) is 16.5. The highest BCUT2D eigenvalue weighted by Gasteiger charge is 2.29. The number of para-hydroxylation sites is 1. The van der Waals surface area contributed by atoms with Crippen LogP contribution < -0.4 is 15.2 Å². The number of pyridine rings is 1. The van der Waals surface area contributed by atoms with Gasteiger partial charge in [0.2, 0.25) is 0 Å². The number of hydrogen-bond donors (Lipinski definition) is 1. The number of nitrogens with zero attached hydrogens (tertiary/aromatic N) is 4. The fourth-order valence-corrected chi connectivity index (χ4v) is 4.13. The van der Waals surface area contributed by atoms with E-state index in [-0.39, 0.29) is 0 Å². The summed E-state index contributed by atoms with van der Waals surface area (Å²) in [7, 11) is 3.36. The molecule has 1 atom stereocenters. The Labute approximate surface area is 165 Å². The van der Waals surface area contributed by atoms with E-state index in [0.717, 1.165) is 59.8 Å². The van der Waals surface area contributed by atoms with Gasteiger partial charge in [0.1, 0.15) is 0 Å². The van der Waals surface area contributed by atoms with Gasteiger partial charge in [-0.25, -0.2) is 9.67 Å². The van der Waals surface area contributed by atoms with Gasteiger partial charge in [-0.15, -0.1) is 0 Å². The number of benzene rings is 1. The van der Waals surface area contributed by atoms with Crippen LogP contribution in [0.5, 0.6) is 11.5 Å². The second-order valence-electron chi connectivity index (χ2n) is 7.14. The molecular weight excluding hydrogens is 354 g/mol. The number of nitrogens with two attached hydrogens (primary N) is 1. The summed E-state index contributed by atoms with van der Waals surface area (Å²) >= 11 is 0. The minimum atomic E-state index is 0.391. The average molecular weight is 381 g/mol. The van der Waals surface area contributed by atoms with Crippen LogP contribution in [0.15, 0.2) is 36.5 Å². The lowest BCUT2D eigenvalue weighted by atomic mass is 10.0. The minimum Gasteiger partial charge on any atom is -0.493 e. The molecule has 1 aliphatic rings. The smallest absolute Gasteiger partial charge is 0.165 e. The van der Waals surface area contributed by atoms with E-state index in [9.17, 15) is 0 Å². The van der Waals surface area contributed by atoms with Crippen molar-refractivity contribution in [3.05, 3.63) is 47.8 Å². The lowest BCUT2D eigenvalue weighted by molar-refractivity contribution is 0.308. The van der Waals surface area contributed by atoms with E-state index in [4.69, 9.17) is 20.3 Å². The molecule has 148 valence electrons.